The van der Waals surface area contributed by atoms with E-state index in [1.807, 2.05) is 48.7 Å². The first-order valence-corrected chi connectivity index (χ1v) is 7.52. The van der Waals surface area contributed by atoms with Gasteiger partial charge in [0.25, 0.3) is 0 Å². The lowest BCUT2D eigenvalue weighted by Gasteiger charge is -2.13. The third-order valence-electron chi connectivity index (χ3n) is 2.69. The van der Waals surface area contributed by atoms with Gasteiger partial charge in [0.2, 0.25) is 0 Å². The molecule has 112 valence electrons. The summed E-state index contributed by atoms with van der Waals surface area (Å²) in [6, 6.07) is 9.59. The topological polar surface area (TPSA) is 77.2 Å². The first kappa shape index (κ1) is 15.4. The minimum atomic E-state index is -0.875. The molecule has 0 unspecified atom stereocenters. The van der Waals surface area contributed by atoms with Crippen molar-refractivity contribution in [2.45, 2.75) is 31.7 Å². The molecule has 0 radical (unpaired) electrons. The summed E-state index contributed by atoms with van der Waals surface area (Å²) in [5, 5.41) is 17.5. The smallest absolute Gasteiger partial charge is 0.313 e. The zero-order valence-electron chi connectivity index (χ0n) is 11.9. The maximum atomic E-state index is 10.7. The second-order valence-electron chi connectivity index (χ2n) is 4.65. The van der Waals surface area contributed by atoms with Gasteiger partial charge in [-0.05, 0) is 26.0 Å². The highest BCUT2D eigenvalue weighted by atomic mass is 32.2. The maximum absolute atomic E-state index is 10.7. The molecule has 7 heteroatoms. The van der Waals surface area contributed by atoms with E-state index in [9.17, 15) is 4.79 Å². The largest absolute Gasteiger partial charge is 0.486 e. The fraction of sp³-hybridized carbons (Fsp3) is 0.357. The van der Waals surface area contributed by atoms with Crippen molar-refractivity contribution in [3.63, 3.8) is 0 Å². The van der Waals surface area contributed by atoms with E-state index < -0.39 is 5.97 Å². The van der Waals surface area contributed by atoms with Crippen LogP contribution in [0.4, 0.5) is 0 Å². The van der Waals surface area contributed by atoms with Crippen LogP contribution in [-0.4, -0.2) is 31.6 Å². The summed E-state index contributed by atoms with van der Waals surface area (Å²) in [6.45, 7) is 4.29. The number of para-hydroxylation sites is 1. The SMILES string of the molecule is CC(C)n1c(COc2ccccc2)nnc1SCC(=O)O. The summed E-state index contributed by atoms with van der Waals surface area (Å²) in [5.74, 6) is 0.530. The average molecular weight is 307 g/mol. The van der Waals surface area contributed by atoms with Crippen LogP contribution in [-0.2, 0) is 11.4 Å². The van der Waals surface area contributed by atoms with Gasteiger partial charge in [0.15, 0.2) is 11.0 Å². The Morgan fingerprint density at radius 3 is 2.67 bits per heavy atom. The summed E-state index contributed by atoms with van der Waals surface area (Å²) in [5.41, 5.74) is 0. The van der Waals surface area contributed by atoms with E-state index in [1.54, 1.807) is 0 Å². The molecule has 0 atom stereocenters. The van der Waals surface area contributed by atoms with Crippen molar-refractivity contribution in [3.8, 4) is 5.75 Å². The molecule has 0 amide bonds. The summed E-state index contributed by atoms with van der Waals surface area (Å²) in [4.78, 5) is 10.7. The van der Waals surface area contributed by atoms with E-state index in [4.69, 9.17) is 9.84 Å². The van der Waals surface area contributed by atoms with Gasteiger partial charge >= 0.3 is 5.97 Å². The van der Waals surface area contributed by atoms with Crippen LogP contribution < -0.4 is 4.74 Å². The Morgan fingerprint density at radius 2 is 2.05 bits per heavy atom. The number of thioether (sulfide) groups is 1. The summed E-state index contributed by atoms with van der Waals surface area (Å²) < 4.78 is 7.57. The monoisotopic (exact) mass is 307 g/mol. The molecule has 1 N–H and O–H groups in total. The van der Waals surface area contributed by atoms with Gasteiger partial charge in [-0.2, -0.15) is 0 Å². The van der Waals surface area contributed by atoms with E-state index >= 15 is 0 Å². The molecule has 1 heterocycles. The molecule has 0 spiro atoms. The standard InChI is InChI=1S/C14H17N3O3S/c1-10(2)17-12(8-20-11-6-4-3-5-7-11)15-16-14(17)21-9-13(18)19/h3-7,10H,8-9H2,1-2H3,(H,18,19). The molecule has 0 bridgehead atoms. The van der Waals surface area contributed by atoms with E-state index in [0.29, 0.717) is 17.6 Å². The van der Waals surface area contributed by atoms with Crippen molar-refractivity contribution >= 4 is 17.7 Å². The van der Waals surface area contributed by atoms with Crippen molar-refractivity contribution in [1.29, 1.82) is 0 Å². The second-order valence-corrected chi connectivity index (χ2v) is 5.59. The molecule has 0 aliphatic rings. The van der Waals surface area contributed by atoms with E-state index in [2.05, 4.69) is 10.2 Å². The highest BCUT2D eigenvalue weighted by Gasteiger charge is 2.16. The molecule has 1 aromatic heterocycles. The fourth-order valence-electron chi connectivity index (χ4n) is 1.81. The van der Waals surface area contributed by atoms with Crippen molar-refractivity contribution in [2.24, 2.45) is 0 Å². The summed E-state index contributed by atoms with van der Waals surface area (Å²) in [7, 11) is 0. The highest BCUT2D eigenvalue weighted by molar-refractivity contribution is 7.99. The van der Waals surface area contributed by atoms with Gasteiger partial charge in [-0.3, -0.25) is 4.79 Å². The third kappa shape index (κ3) is 4.22. The molecule has 2 aromatic rings. The second kappa shape index (κ2) is 7.12. The number of benzene rings is 1. The maximum Gasteiger partial charge on any atom is 0.313 e. The van der Waals surface area contributed by atoms with Gasteiger partial charge in [-0.15, -0.1) is 10.2 Å². The third-order valence-corrected chi connectivity index (χ3v) is 3.62. The lowest BCUT2D eigenvalue weighted by Crippen LogP contribution is -2.11. The first-order valence-electron chi connectivity index (χ1n) is 6.54. The molecule has 1 aromatic carbocycles. The van der Waals surface area contributed by atoms with Crippen LogP contribution in [0.3, 0.4) is 0 Å². The first-order chi connectivity index (χ1) is 10.1. The molecule has 0 fully saturated rings. The Balaban J connectivity index is 2.10. The Morgan fingerprint density at radius 1 is 1.33 bits per heavy atom. The predicted molar refractivity (Wildman–Crippen MR) is 79.5 cm³/mol. The quantitative estimate of drug-likeness (QED) is 0.792. The van der Waals surface area contributed by atoms with Crippen molar-refractivity contribution in [2.75, 3.05) is 5.75 Å². The molecule has 6 nitrogen and oxygen atoms in total. The van der Waals surface area contributed by atoms with Crippen LogP contribution in [0.2, 0.25) is 0 Å². The van der Waals surface area contributed by atoms with Gasteiger partial charge in [0.05, 0.1) is 5.75 Å². The number of rotatable bonds is 7. The van der Waals surface area contributed by atoms with Gasteiger partial charge in [-0.1, -0.05) is 30.0 Å². The number of carbonyl (C=O) groups is 1. The Hall–Kier alpha value is -2.02. The zero-order valence-corrected chi connectivity index (χ0v) is 12.7. The van der Waals surface area contributed by atoms with E-state index in [-0.39, 0.29) is 11.8 Å². The molecule has 2 rings (SSSR count). The van der Waals surface area contributed by atoms with Crippen LogP contribution in [0.15, 0.2) is 35.5 Å². The summed E-state index contributed by atoms with van der Waals surface area (Å²) in [6.07, 6.45) is 0. The molecule has 0 aliphatic carbocycles. The average Bonchev–Trinajstić information content (AvgIpc) is 2.87. The molecule has 0 saturated heterocycles. The molecular formula is C14H17N3O3S. The molecule has 0 saturated carbocycles. The van der Waals surface area contributed by atoms with Gasteiger partial charge in [0.1, 0.15) is 12.4 Å². The van der Waals surface area contributed by atoms with Crippen molar-refractivity contribution in [1.82, 2.24) is 14.8 Å². The number of aromatic nitrogens is 3. The number of hydrogen-bond acceptors (Lipinski definition) is 5. The number of ether oxygens (including phenoxy) is 1. The molecule has 21 heavy (non-hydrogen) atoms. The predicted octanol–water partition coefficient (Wildman–Crippen LogP) is 2.61. The number of hydrogen-bond donors (Lipinski definition) is 1. The normalized spacial score (nSPS) is 10.8. The van der Waals surface area contributed by atoms with Gasteiger partial charge in [-0.25, -0.2) is 0 Å². The number of carboxylic acid groups (broad SMARTS) is 1. The van der Waals surface area contributed by atoms with Crippen LogP contribution in [0.1, 0.15) is 25.7 Å². The Kier molecular flexibility index (Phi) is 5.21. The van der Waals surface area contributed by atoms with E-state index in [1.165, 1.54) is 0 Å². The van der Waals surface area contributed by atoms with Crippen LogP contribution in [0.5, 0.6) is 5.75 Å². The van der Waals surface area contributed by atoms with Crippen molar-refractivity contribution in [3.05, 3.63) is 36.2 Å². The van der Waals surface area contributed by atoms with E-state index in [0.717, 1.165) is 17.5 Å². The number of carboxylic acids is 1. The Bertz CT molecular complexity index is 599. The number of aliphatic carboxylic acids is 1. The van der Waals surface area contributed by atoms with Gasteiger partial charge in [0, 0.05) is 6.04 Å². The lowest BCUT2D eigenvalue weighted by molar-refractivity contribution is -0.133. The minimum absolute atomic E-state index is 0.0373. The number of nitrogens with zero attached hydrogens (tertiary/aromatic N) is 3. The van der Waals surface area contributed by atoms with Crippen LogP contribution in [0, 0.1) is 0 Å². The van der Waals surface area contributed by atoms with Crippen molar-refractivity contribution < 1.29 is 14.6 Å². The van der Waals surface area contributed by atoms with Crippen LogP contribution >= 0.6 is 11.8 Å². The minimum Gasteiger partial charge on any atom is -0.486 e. The fourth-order valence-corrected chi connectivity index (χ4v) is 2.62. The highest BCUT2D eigenvalue weighted by Crippen LogP contribution is 2.22. The lowest BCUT2D eigenvalue weighted by atomic mass is 10.3. The summed E-state index contributed by atoms with van der Waals surface area (Å²) >= 11 is 1.16. The Labute approximate surface area is 127 Å². The molecular weight excluding hydrogens is 290 g/mol. The molecule has 0 aliphatic heterocycles. The zero-order chi connectivity index (χ0) is 15.2. The van der Waals surface area contributed by atoms with Gasteiger partial charge < -0.3 is 14.4 Å². The van der Waals surface area contributed by atoms with Crippen LogP contribution in [0.25, 0.3) is 0 Å².